The molecule has 0 aliphatic carbocycles. The lowest BCUT2D eigenvalue weighted by molar-refractivity contribution is -0.122. The zero-order chi connectivity index (χ0) is 21.3. The van der Waals surface area contributed by atoms with Crippen LogP contribution in [0.3, 0.4) is 0 Å². The molecule has 0 bridgehead atoms. The molecule has 4 N–H and O–H groups in total. The van der Waals surface area contributed by atoms with E-state index in [1.54, 1.807) is 6.20 Å². The van der Waals surface area contributed by atoms with Gasteiger partial charge in [0.15, 0.2) is 5.96 Å². The largest absolute Gasteiger partial charge is 0.369 e. The highest BCUT2D eigenvalue weighted by Gasteiger charge is 2.25. The molecule has 31 heavy (non-hydrogen) atoms. The highest BCUT2D eigenvalue weighted by molar-refractivity contribution is 14.0. The summed E-state index contributed by atoms with van der Waals surface area (Å²) in [6.07, 6.45) is 3.57. The first-order valence-electron chi connectivity index (χ1n) is 10.6. The van der Waals surface area contributed by atoms with E-state index in [0.717, 1.165) is 43.3 Å². The van der Waals surface area contributed by atoms with Crippen molar-refractivity contribution in [1.29, 1.82) is 0 Å². The molecule has 0 saturated carbocycles. The monoisotopic (exact) mass is 536 g/mol. The van der Waals surface area contributed by atoms with Crippen LogP contribution in [0.4, 0.5) is 5.82 Å². The third kappa shape index (κ3) is 7.09. The number of benzene rings is 1. The molecule has 7 nitrogen and oxygen atoms in total. The van der Waals surface area contributed by atoms with Gasteiger partial charge in [-0.05, 0) is 43.9 Å². The van der Waals surface area contributed by atoms with Crippen LogP contribution in [0.5, 0.6) is 0 Å². The number of carbonyl (C=O) groups is 1. The predicted molar refractivity (Wildman–Crippen MR) is 137 cm³/mol. The van der Waals surface area contributed by atoms with Gasteiger partial charge in [0.05, 0.1) is 12.5 Å². The normalized spacial score (nSPS) is 16.4. The second-order valence-corrected chi connectivity index (χ2v) is 7.65. The van der Waals surface area contributed by atoms with Gasteiger partial charge in [-0.15, -0.1) is 24.0 Å². The van der Waals surface area contributed by atoms with Crippen molar-refractivity contribution in [3.8, 4) is 0 Å². The summed E-state index contributed by atoms with van der Waals surface area (Å²) in [6.45, 7) is 7.66. The van der Waals surface area contributed by atoms with E-state index in [1.165, 1.54) is 11.1 Å². The maximum Gasteiger partial charge on any atom is 0.222 e. The Balaban J connectivity index is 0.00000341. The number of halogens is 1. The molecule has 1 saturated heterocycles. The number of aromatic nitrogens is 1. The van der Waals surface area contributed by atoms with Crippen molar-refractivity contribution in [2.24, 2.45) is 16.6 Å². The molecule has 2 aromatic rings. The number of aliphatic imine (C=N–C) groups is 1. The van der Waals surface area contributed by atoms with Gasteiger partial charge in [-0.1, -0.05) is 30.3 Å². The fourth-order valence-electron chi connectivity index (χ4n) is 3.73. The smallest absolute Gasteiger partial charge is 0.222 e. The minimum absolute atomic E-state index is 0. The molecule has 168 valence electrons. The van der Waals surface area contributed by atoms with Gasteiger partial charge < -0.3 is 21.3 Å². The number of aryl methyl sites for hydroxylation is 1. The van der Waals surface area contributed by atoms with Crippen LogP contribution in [0, 0.1) is 12.8 Å². The van der Waals surface area contributed by atoms with Crippen LogP contribution in [0.2, 0.25) is 0 Å². The summed E-state index contributed by atoms with van der Waals surface area (Å²) in [5.41, 5.74) is 9.08. The number of hydrogen-bond acceptors (Lipinski definition) is 4. The third-order valence-corrected chi connectivity index (χ3v) is 5.45. The van der Waals surface area contributed by atoms with Gasteiger partial charge in [-0.3, -0.25) is 4.79 Å². The Morgan fingerprint density at radius 2 is 2.00 bits per heavy atom. The van der Waals surface area contributed by atoms with E-state index in [9.17, 15) is 4.79 Å². The second kappa shape index (κ2) is 12.5. The summed E-state index contributed by atoms with van der Waals surface area (Å²) >= 11 is 0. The number of piperidine rings is 1. The van der Waals surface area contributed by atoms with Gasteiger partial charge in [-0.25, -0.2) is 9.98 Å². The summed E-state index contributed by atoms with van der Waals surface area (Å²) in [4.78, 5) is 23.2. The van der Waals surface area contributed by atoms with E-state index in [4.69, 9.17) is 10.7 Å². The van der Waals surface area contributed by atoms with E-state index in [1.807, 2.05) is 24.3 Å². The first-order valence-corrected chi connectivity index (χ1v) is 10.6. The summed E-state index contributed by atoms with van der Waals surface area (Å²) in [7, 11) is 0. The van der Waals surface area contributed by atoms with E-state index >= 15 is 0 Å². The van der Waals surface area contributed by atoms with Gasteiger partial charge in [0.2, 0.25) is 5.91 Å². The van der Waals surface area contributed by atoms with Crippen LogP contribution in [0.1, 0.15) is 36.5 Å². The molecule has 1 aromatic heterocycles. The lowest BCUT2D eigenvalue weighted by atomic mass is 9.97. The Kier molecular flexibility index (Phi) is 10.0. The van der Waals surface area contributed by atoms with E-state index in [0.29, 0.717) is 19.6 Å². The lowest BCUT2D eigenvalue weighted by Crippen LogP contribution is -2.42. The van der Waals surface area contributed by atoms with Gasteiger partial charge in [-0.2, -0.15) is 0 Å². The Hall–Kier alpha value is -2.36. The molecule has 8 heteroatoms. The molecule has 0 spiro atoms. The zero-order valence-corrected chi connectivity index (χ0v) is 20.6. The molecule has 1 atom stereocenters. The Morgan fingerprint density at radius 1 is 1.23 bits per heavy atom. The maximum absolute atomic E-state index is 11.7. The number of carbonyl (C=O) groups excluding carboxylic acids is 1. The quantitative estimate of drug-likeness (QED) is 0.288. The topological polar surface area (TPSA) is 95.6 Å². The van der Waals surface area contributed by atoms with Crippen LogP contribution in [-0.4, -0.2) is 36.5 Å². The number of amides is 1. The molecule has 1 fully saturated rings. The number of hydrogen-bond donors (Lipinski definition) is 3. The molecule has 1 aromatic carbocycles. The zero-order valence-electron chi connectivity index (χ0n) is 18.3. The van der Waals surface area contributed by atoms with Crippen molar-refractivity contribution in [2.75, 3.05) is 24.5 Å². The molecular weight excluding hydrogens is 503 g/mol. The average Bonchev–Trinajstić information content (AvgIpc) is 2.77. The minimum atomic E-state index is -0.231. The summed E-state index contributed by atoms with van der Waals surface area (Å²) in [5.74, 6) is 1.31. The second-order valence-electron chi connectivity index (χ2n) is 7.65. The number of primary amides is 1. The van der Waals surface area contributed by atoms with E-state index < -0.39 is 0 Å². The number of anilines is 1. The van der Waals surface area contributed by atoms with Crippen molar-refractivity contribution >= 4 is 41.7 Å². The highest BCUT2D eigenvalue weighted by Crippen LogP contribution is 2.25. The average molecular weight is 536 g/mol. The molecule has 0 radical (unpaired) electrons. The minimum Gasteiger partial charge on any atom is -0.369 e. The van der Waals surface area contributed by atoms with Crippen molar-refractivity contribution in [3.05, 3.63) is 59.3 Å². The van der Waals surface area contributed by atoms with Crippen LogP contribution < -0.4 is 21.3 Å². The number of nitrogens with zero attached hydrogens (tertiary/aromatic N) is 3. The molecular formula is C23H33IN6O. The molecule has 1 unspecified atom stereocenters. The van der Waals surface area contributed by atoms with Gasteiger partial charge in [0.25, 0.3) is 0 Å². The van der Waals surface area contributed by atoms with Gasteiger partial charge >= 0.3 is 0 Å². The van der Waals surface area contributed by atoms with Gasteiger partial charge in [0.1, 0.15) is 5.82 Å². The number of rotatable bonds is 7. The lowest BCUT2D eigenvalue weighted by Gasteiger charge is -2.33. The third-order valence-electron chi connectivity index (χ3n) is 5.45. The summed E-state index contributed by atoms with van der Waals surface area (Å²) in [6, 6.07) is 12.3. The number of nitrogens with two attached hydrogens (primary N) is 1. The molecule has 2 heterocycles. The standard InChI is InChI=1S/C23H32N6O.HI/c1-3-25-23(27-14-18-9-5-4-8-17(18)2)28-15-19-10-6-12-26-22(19)29-13-7-11-20(16-29)21(24)30;/h4-6,8-10,12,20H,3,7,11,13-16H2,1-2H3,(H2,24,30)(H2,25,27,28);1H. The number of pyridine rings is 1. The molecule has 3 rings (SSSR count). The van der Waals surface area contributed by atoms with Gasteiger partial charge in [0, 0.05) is 37.9 Å². The van der Waals surface area contributed by atoms with Crippen molar-refractivity contribution in [3.63, 3.8) is 0 Å². The van der Waals surface area contributed by atoms with Crippen LogP contribution in [0.25, 0.3) is 0 Å². The molecule has 1 aliphatic heterocycles. The van der Waals surface area contributed by atoms with Crippen molar-refractivity contribution in [2.45, 2.75) is 39.8 Å². The molecule has 1 aliphatic rings. The van der Waals surface area contributed by atoms with Crippen LogP contribution in [0.15, 0.2) is 47.6 Å². The first kappa shape index (κ1) is 24.9. The molecule has 1 amide bonds. The van der Waals surface area contributed by atoms with Crippen molar-refractivity contribution < 1.29 is 4.79 Å². The first-order chi connectivity index (χ1) is 14.6. The van der Waals surface area contributed by atoms with Crippen molar-refractivity contribution in [1.82, 2.24) is 15.6 Å². The SMILES string of the molecule is CCNC(=NCc1cccnc1N1CCCC(C(N)=O)C1)NCc1ccccc1C.I. The Labute approximate surface area is 201 Å². The van der Waals surface area contributed by atoms with Crippen LogP contribution >= 0.6 is 24.0 Å². The van der Waals surface area contributed by atoms with E-state index in [2.05, 4.69) is 46.5 Å². The fraction of sp³-hybridized carbons (Fsp3) is 0.435. The number of nitrogens with one attached hydrogen (secondary N) is 2. The highest BCUT2D eigenvalue weighted by atomic mass is 127. The van der Waals surface area contributed by atoms with Crippen LogP contribution in [-0.2, 0) is 17.9 Å². The number of guanidine groups is 1. The fourth-order valence-corrected chi connectivity index (χ4v) is 3.73. The Morgan fingerprint density at radius 3 is 2.74 bits per heavy atom. The summed E-state index contributed by atoms with van der Waals surface area (Å²) in [5, 5.41) is 6.72. The summed E-state index contributed by atoms with van der Waals surface area (Å²) < 4.78 is 0. The Bertz CT molecular complexity index is 888. The predicted octanol–water partition coefficient (Wildman–Crippen LogP) is 2.97. The van der Waals surface area contributed by atoms with E-state index in [-0.39, 0.29) is 35.8 Å². The maximum atomic E-state index is 11.7.